The van der Waals surface area contributed by atoms with Crippen LogP contribution in [-0.2, 0) is 0 Å². The van der Waals surface area contributed by atoms with Crippen LogP contribution in [0.3, 0.4) is 0 Å². The van der Waals surface area contributed by atoms with Gasteiger partial charge in [0.2, 0.25) is 0 Å². The third-order valence-corrected chi connectivity index (χ3v) is 11.2. The summed E-state index contributed by atoms with van der Waals surface area (Å²) in [7, 11) is -1.17. The van der Waals surface area contributed by atoms with Crippen LogP contribution >= 0.6 is 0 Å². The zero-order valence-electron chi connectivity index (χ0n) is 14.4. The van der Waals surface area contributed by atoms with Gasteiger partial charge in [0.05, 0.1) is 8.07 Å². The van der Waals surface area contributed by atoms with E-state index in [1.807, 2.05) is 0 Å². The first-order valence-corrected chi connectivity index (χ1v) is 10.8. The monoisotopic (exact) mass is 292 g/mol. The van der Waals surface area contributed by atoms with Crippen molar-refractivity contribution in [2.24, 2.45) is 0 Å². The molecule has 0 aliphatic carbocycles. The molecule has 0 bridgehead atoms. The first-order valence-electron chi connectivity index (χ1n) is 8.07. The van der Waals surface area contributed by atoms with Crippen molar-refractivity contribution in [1.82, 2.24) is 0 Å². The van der Waals surface area contributed by atoms with Gasteiger partial charge in [0.15, 0.2) is 0 Å². The van der Waals surface area contributed by atoms with Crippen molar-refractivity contribution in [3.05, 3.63) is 29.8 Å². The zero-order chi connectivity index (χ0) is 15.4. The molecule has 20 heavy (non-hydrogen) atoms. The Hall–Kier alpha value is -0.763. The minimum Gasteiger partial charge on any atom is -0.488 e. The van der Waals surface area contributed by atoms with E-state index in [-0.39, 0.29) is 5.60 Å². The lowest BCUT2D eigenvalue weighted by Gasteiger charge is -2.35. The highest BCUT2D eigenvalue weighted by molar-refractivity contribution is 6.80. The fourth-order valence-corrected chi connectivity index (χ4v) is 7.44. The summed E-state index contributed by atoms with van der Waals surface area (Å²) in [5.41, 5.74) is 2.09. The van der Waals surface area contributed by atoms with Crippen LogP contribution in [0.2, 0.25) is 18.1 Å². The summed E-state index contributed by atoms with van der Waals surface area (Å²) in [6.45, 7) is 15.8. The largest absolute Gasteiger partial charge is 0.488 e. The Morgan fingerprint density at radius 1 is 0.950 bits per heavy atom. The van der Waals surface area contributed by atoms with Gasteiger partial charge in [0, 0.05) is 0 Å². The van der Waals surface area contributed by atoms with Crippen molar-refractivity contribution in [2.45, 2.75) is 77.7 Å². The van der Waals surface area contributed by atoms with Crippen molar-refractivity contribution in [1.29, 1.82) is 0 Å². The standard InChI is InChI=1S/C18H32OSi/c1-8-20(9-2,10-3)15(4)16-11-13-17(14-12-16)19-18(5,6)7/h11-15H,8-10H2,1-7H3. The van der Waals surface area contributed by atoms with E-state index in [0.29, 0.717) is 0 Å². The Morgan fingerprint density at radius 2 is 1.40 bits per heavy atom. The number of benzene rings is 1. The molecular weight excluding hydrogens is 260 g/mol. The maximum absolute atomic E-state index is 5.91. The summed E-state index contributed by atoms with van der Waals surface area (Å²) in [4.78, 5) is 0. The van der Waals surface area contributed by atoms with E-state index in [1.54, 1.807) is 0 Å². The van der Waals surface area contributed by atoms with Gasteiger partial charge in [-0.15, -0.1) is 0 Å². The minimum atomic E-state index is -1.17. The second kappa shape index (κ2) is 6.80. The van der Waals surface area contributed by atoms with Gasteiger partial charge in [-0.05, 0) is 44.0 Å². The van der Waals surface area contributed by atoms with Gasteiger partial charge in [-0.25, -0.2) is 0 Å². The van der Waals surface area contributed by atoms with Gasteiger partial charge in [0.1, 0.15) is 11.4 Å². The molecule has 1 atom stereocenters. The molecular formula is C18H32OSi. The normalized spacial score (nSPS) is 14.2. The van der Waals surface area contributed by atoms with Gasteiger partial charge in [0.25, 0.3) is 0 Å². The number of hydrogen-bond donors (Lipinski definition) is 0. The second-order valence-electron chi connectivity index (χ2n) is 6.93. The molecule has 0 radical (unpaired) electrons. The quantitative estimate of drug-likeness (QED) is 0.583. The summed E-state index contributed by atoms with van der Waals surface area (Å²) in [5, 5.41) is 0. The molecule has 0 saturated heterocycles. The molecule has 114 valence electrons. The molecule has 0 aliphatic heterocycles. The Bertz CT molecular complexity index is 390. The molecule has 2 heteroatoms. The van der Waals surface area contributed by atoms with E-state index < -0.39 is 8.07 Å². The first-order chi connectivity index (χ1) is 9.28. The Kier molecular flexibility index (Phi) is 5.87. The van der Waals surface area contributed by atoms with Gasteiger partial charge < -0.3 is 4.74 Å². The van der Waals surface area contributed by atoms with Crippen molar-refractivity contribution < 1.29 is 4.74 Å². The van der Waals surface area contributed by atoms with E-state index >= 15 is 0 Å². The van der Waals surface area contributed by atoms with Crippen LogP contribution in [0.4, 0.5) is 0 Å². The van der Waals surface area contributed by atoms with Gasteiger partial charge in [-0.2, -0.15) is 0 Å². The van der Waals surface area contributed by atoms with Crippen molar-refractivity contribution in [2.75, 3.05) is 0 Å². The lowest BCUT2D eigenvalue weighted by molar-refractivity contribution is 0.131. The predicted molar refractivity (Wildman–Crippen MR) is 92.4 cm³/mol. The summed E-state index contributed by atoms with van der Waals surface area (Å²) < 4.78 is 5.91. The van der Waals surface area contributed by atoms with Crippen LogP contribution in [0, 0.1) is 0 Å². The fraction of sp³-hybridized carbons (Fsp3) is 0.667. The van der Waals surface area contributed by atoms with Crippen LogP contribution in [0.1, 0.15) is 59.6 Å². The molecule has 1 aromatic carbocycles. The Morgan fingerprint density at radius 3 is 1.75 bits per heavy atom. The smallest absolute Gasteiger partial charge is 0.120 e. The molecule has 1 unspecified atom stereocenters. The molecule has 0 saturated carbocycles. The highest BCUT2D eigenvalue weighted by Crippen LogP contribution is 2.36. The topological polar surface area (TPSA) is 9.23 Å². The molecule has 0 aromatic heterocycles. The summed E-state index contributed by atoms with van der Waals surface area (Å²) in [6, 6.07) is 12.9. The Labute approximate surface area is 126 Å². The third kappa shape index (κ3) is 4.11. The van der Waals surface area contributed by atoms with Crippen LogP contribution in [-0.4, -0.2) is 13.7 Å². The highest BCUT2D eigenvalue weighted by atomic mass is 28.3. The van der Waals surface area contributed by atoms with Crippen molar-refractivity contribution in [3.8, 4) is 5.75 Å². The molecule has 0 amide bonds. The molecule has 0 N–H and O–H groups in total. The SMILES string of the molecule is CC[Si](CC)(CC)C(C)c1ccc(OC(C)(C)C)cc1. The molecule has 1 nitrogen and oxygen atoms in total. The second-order valence-corrected chi connectivity index (χ2v) is 12.6. The maximum atomic E-state index is 5.91. The molecule has 0 aliphatic rings. The van der Waals surface area contributed by atoms with Crippen molar-refractivity contribution >= 4 is 8.07 Å². The van der Waals surface area contributed by atoms with E-state index in [9.17, 15) is 0 Å². The lowest BCUT2D eigenvalue weighted by Crippen LogP contribution is -2.38. The maximum Gasteiger partial charge on any atom is 0.120 e. The summed E-state index contributed by atoms with van der Waals surface area (Å²) in [5.74, 6) is 0.977. The number of rotatable bonds is 6. The van der Waals surface area contributed by atoms with Gasteiger partial charge in [-0.1, -0.05) is 58.0 Å². The molecule has 0 fully saturated rings. The highest BCUT2D eigenvalue weighted by Gasteiger charge is 2.34. The molecule has 1 aromatic rings. The van der Waals surface area contributed by atoms with Crippen LogP contribution < -0.4 is 4.74 Å². The zero-order valence-corrected chi connectivity index (χ0v) is 15.4. The van der Waals surface area contributed by atoms with Crippen molar-refractivity contribution in [3.63, 3.8) is 0 Å². The van der Waals surface area contributed by atoms with Crippen LogP contribution in [0.5, 0.6) is 5.75 Å². The molecule has 1 rings (SSSR count). The molecule has 0 heterocycles. The third-order valence-electron chi connectivity index (χ3n) is 4.84. The van der Waals surface area contributed by atoms with Gasteiger partial charge >= 0.3 is 0 Å². The average Bonchev–Trinajstić information content (AvgIpc) is 2.40. The summed E-state index contributed by atoms with van der Waals surface area (Å²) >= 11 is 0. The first kappa shape index (κ1) is 17.3. The van der Waals surface area contributed by atoms with E-state index in [2.05, 4.69) is 72.7 Å². The number of ether oxygens (including phenoxy) is 1. The Balaban J connectivity index is 2.92. The lowest BCUT2D eigenvalue weighted by atomic mass is 10.1. The van der Waals surface area contributed by atoms with Crippen LogP contribution in [0.15, 0.2) is 24.3 Å². The number of hydrogen-bond acceptors (Lipinski definition) is 1. The van der Waals surface area contributed by atoms with Gasteiger partial charge in [-0.3, -0.25) is 0 Å². The fourth-order valence-electron chi connectivity index (χ4n) is 3.20. The van der Waals surface area contributed by atoms with E-state index in [4.69, 9.17) is 4.74 Å². The molecule has 0 spiro atoms. The minimum absolute atomic E-state index is 0.123. The summed E-state index contributed by atoms with van der Waals surface area (Å²) in [6.07, 6.45) is 0. The predicted octanol–water partition coefficient (Wildman–Crippen LogP) is 6.02. The average molecular weight is 293 g/mol. The van der Waals surface area contributed by atoms with E-state index in [0.717, 1.165) is 11.3 Å². The van der Waals surface area contributed by atoms with Crippen LogP contribution in [0.25, 0.3) is 0 Å². The van der Waals surface area contributed by atoms with E-state index in [1.165, 1.54) is 23.7 Å².